The summed E-state index contributed by atoms with van der Waals surface area (Å²) in [5, 5.41) is 26.5. The minimum Gasteiger partial charge on any atom is -0.545 e. The molecule has 1 aromatic carbocycles. The first-order valence-corrected chi connectivity index (χ1v) is 8.68. The van der Waals surface area contributed by atoms with Crippen LogP contribution < -0.4 is 10.4 Å². The molecule has 6 heteroatoms. The molecule has 0 saturated carbocycles. The topological polar surface area (TPSA) is 95.3 Å². The maximum absolute atomic E-state index is 11.6. The van der Waals surface area contributed by atoms with Crippen LogP contribution in [0.4, 0.5) is 11.4 Å². The molecular weight excluding hydrogens is 320 g/mol. The number of allylic oxidation sites excluding steroid dienone is 4. The monoisotopic (exact) mass is 339 g/mol. The number of benzene rings is 1. The van der Waals surface area contributed by atoms with E-state index in [2.05, 4.69) is 23.5 Å². The van der Waals surface area contributed by atoms with Crippen molar-refractivity contribution >= 4 is 17.3 Å². The molecule has 1 aliphatic heterocycles. The summed E-state index contributed by atoms with van der Waals surface area (Å²) in [5.74, 6) is -0.799. The highest BCUT2D eigenvalue weighted by molar-refractivity contribution is 5.95. The lowest BCUT2D eigenvalue weighted by atomic mass is 9.71. The van der Waals surface area contributed by atoms with Crippen LogP contribution in [0.1, 0.15) is 47.5 Å². The summed E-state index contributed by atoms with van der Waals surface area (Å²) in [6.45, 7) is 0. The molecule has 0 aromatic heterocycles. The zero-order valence-electron chi connectivity index (χ0n) is 13.7. The molecule has 0 radical (unpaired) electrons. The Morgan fingerprint density at radius 1 is 1.20 bits per heavy atom. The van der Waals surface area contributed by atoms with Crippen molar-refractivity contribution in [2.75, 3.05) is 5.32 Å². The van der Waals surface area contributed by atoms with Crippen LogP contribution in [0.25, 0.3) is 0 Å². The molecule has 0 bridgehead atoms. The van der Waals surface area contributed by atoms with Crippen molar-refractivity contribution < 1.29 is 14.8 Å². The molecule has 0 fully saturated rings. The Balaban J connectivity index is 1.85. The first-order valence-electron chi connectivity index (χ1n) is 8.68. The van der Waals surface area contributed by atoms with Gasteiger partial charge in [0.25, 0.3) is 5.69 Å². The van der Waals surface area contributed by atoms with Crippen LogP contribution in [0.2, 0.25) is 0 Å². The predicted octanol–water partition coefficient (Wildman–Crippen LogP) is 2.77. The molecule has 1 aromatic rings. The van der Waals surface area contributed by atoms with E-state index < -0.39 is 10.9 Å². The third-order valence-electron chi connectivity index (χ3n) is 5.78. The highest BCUT2D eigenvalue weighted by Gasteiger charge is 2.44. The lowest BCUT2D eigenvalue weighted by molar-refractivity contribution is -0.385. The van der Waals surface area contributed by atoms with Crippen LogP contribution in [-0.2, 0) is 0 Å². The van der Waals surface area contributed by atoms with Crippen molar-refractivity contribution in [2.24, 2.45) is 11.8 Å². The Labute approximate surface area is 145 Å². The molecule has 6 nitrogen and oxygen atoms in total. The number of fused-ring (bicyclic) bond motifs is 3. The van der Waals surface area contributed by atoms with E-state index >= 15 is 0 Å². The molecule has 0 saturated heterocycles. The van der Waals surface area contributed by atoms with E-state index in [0.29, 0.717) is 17.2 Å². The quantitative estimate of drug-likeness (QED) is 0.519. The molecule has 0 spiro atoms. The highest BCUT2D eigenvalue weighted by atomic mass is 16.6. The van der Waals surface area contributed by atoms with E-state index in [1.54, 1.807) is 0 Å². The number of nitrogens with zero attached hydrogens (tertiary/aromatic N) is 1. The summed E-state index contributed by atoms with van der Waals surface area (Å²) in [4.78, 5) is 22.7. The number of carbonyl (C=O) groups excluding carboxylic acids is 1. The second-order valence-corrected chi connectivity index (χ2v) is 7.03. The summed E-state index contributed by atoms with van der Waals surface area (Å²) in [5.41, 5.74) is 0.862. The minimum atomic E-state index is -1.30. The molecule has 130 valence electrons. The van der Waals surface area contributed by atoms with E-state index in [1.807, 2.05) is 6.08 Å². The zero-order chi connectivity index (χ0) is 17.6. The third kappa shape index (κ3) is 2.52. The minimum absolute atomic E-state index is 0.00991. The average Bonchev–Trinajstić information content (AvgIpc) is 3.10. The van der Waals surface area contributed by atoms with Gasteiger partial charge in [-0.25, -0.2) is 0 Å². The number of anilines is 1. The number of hydrogen-bond acceptors (Lipinski definition) is 5. The van der Waals surface area contributed by atoms with E-state index in [1.165, 1.54) is 12.1 Å². The molecule has 1 heterocycles. The average molecular weight is 339 g/mol. The van der Waals surface area contributed by atoms with Gasteiger partial charge in [-0.15, -0.1) is 0 Å². The second-order valence-electron chi connectivity index (χ2n) is 7.03. The van der Waals surface area contributed by atoms with Crippen molar-refractivity contribution in [3.05, 3.63) is 57.7 Å². The number of nitro groups is 1. The van der Waals surface area contributed by atoms with Crippen molar-refractivity contribution in [3.8, 4) is 0 Å². The fourth-order valence-electron chi connectivity index (χ4n) is 4.67. The van der Waals surface area contributed by atoms with Gasteiger partial charge in [0.2, 0.25) is 0 Å². The maximum atomic E-state index is 11.6. The first-order chi connectivity index (χ1) is 12.1. The maximum Gasteiger partial charge on any atom is 0.275 e. The number of hydrogen-bond donors (Lipinski definition) is 1. The molecule has 0 unspecified atom stereocenters. The van der Waals surface area contributed by atoms with Crippen LogP contribution in [0.5, 0.6) is 0 Å². The SMILES string of the molecule is O=C([O-])c1ccc([N+](=O)[O-])c2c1N[C@@H]([C@H]1CC=CCC1)[C@@H]1CC=C[C@H]21. The number of aromatic carboxylic acids is 1. The lowest BCUT2D eigenvalue weighted by Crippen LogP contribution is -2.43. The van der Waals surface area contributed by atoms with Crippen molar-refractivity contribution in [2.45, 2.75) is 37.6 Å². The second kappa shape index (κ2) is 6.02. The van der Waals surface area contributed by atoms with Crippen molar-refractivity contribution in [1.82, 2.24) is 0 Å². The van der Waals surface area contributed by atoms with Gasteiger partial charge in [0.1, 0.15) is 0 Å². The van der Waals surface area contributed by atoms with Gasteiger partial charge < -0.3 is 15.2 Å². The van der Waals surface area contributed by atoms with Gasteiger partial charge in [-0.3, -0.25) is 10.1 Å². The molecule has 4 rings (SSSR count). The Morgan fingerprint density at radius 2 is 2.04 bits per heavy atom. The summed E-state index contributed by atoms with van der Waals surface area (Å²) < 4.78 is 0. The zero-order valence-corrected chi connectivity index (χ0v) is 13.7. The van der Waals surface area contributed by atoms with Crippen molar-refractivity contribution in [1.29, 1.82) is 0 Å². The number of carboxylic acid groups (broad SMARTS) is 1. The first kappa shape index (κ1) is 15.9. The molecule has 4 atom stereocenters. The molecule has 1 N–H and O–H groups in total. The van der Waals surface area contributed by atoms with Crippen LogP contribution in [-0.4, -0.2) is 16.9 Å². The normalized spacial score (nSPS) is 29.6. The Bertz CT molecular complexity index is 799. The van der Waals surface area contributed by atoms with Gasteiger partial charge in [0.15, 0.2) is 0 Å². The summed E-state index contributed by atoms with van der Waals surface area (Å²) in [6.07, 6.45) is 12.3. The smallest absolute Gasteiger partial charge is 0.275 e. The summed E-state index contributed by atoms with van der Waals surface area (Å²) in [6, 6.07) is 2.69. The molecule has 0 amide bonds. The molecule has 25 heavy (non-hydrogen) atoms. The van der Waals surface area contributed by atoms with Crippen molar-refractivity contribution in [3.63, 3.8) is 0 Å². The van der Waals surface area contributed by atoms with Crippen LogP contribution >= 0.6 is 0 Å². The third-order valence-corrected chi connectivity index (χ3v) is 5.78. The van der Waals surface area contributed by atoms with E-state index in [0.717, 1.165) is 25.7 Å². The summed E-state index contributed by atoms with van der Waals surface area (Å²) >= 11 is 0. The van der Waals surface area contributed by atoms with E-state index in [-0.39, 0.29) is 29.1 Å². The van der Waals surface area contributed by atoms with Gasteiger partial charge in [0, 0.05) is 23.6 Å². The number of nitrogens with one attached hydrogen (secondary N) is 1. The highest BCUT2D eigenvalue weighted by Crippen LogP contribution is 2.51. The largest absolute Gasteiger partial charge is 0.545 e. The van der Waals surface area contributed by atoms with Crippen LogP contribution in [0.15, 0.2) is 36.4 Å². The van der Waals surface area contributed by atoms with Gasteiger partial charge >= 0.3 is 0 Å². The van der Waals surface area contributed by atoms with E-state index in [4.69, 9.17) is 0 Å². The van der Waals surface area contributed by atoms with Gasteiger partial charge in [-0.05, 0) is 43.6 Å². The molecule has 2 aliphatic carbocycles. The Hall–Kier alpha value is -2.63. The Morgan fingerprint density at radius 3 is 2.72 bits per heavy atom. The standard InChI is InChI=1S/C19H20N2O4/c22-19(23)14-9-10-15(21(24)25)16-12-7-4-8-13(12)17(20-18(14)16)11-5-2-1-3-6-11/h1-2,4,7,9-13,17,20H,3,5-6,8H2,(H,22,23)/p-1/t11-,12-,13+,17-/m0/s1. The predicted molar refractivity (Wildman–Crippen MR) is 91.3 cm³/mol. The number of carboxylic acids is 1. The number of rotatable bonds is 3. The number of nitro benzene ring substituents is 1. The van der Waals surface area contributed by atoms with Gasteiger partial charge in [-0.2, -0.15) is 0 Å². The van der Waals surface area contributed by atoms with Gasteiger partial charge in [0.05, 0.1) is 22.1 Å². The van der Waals surface area contributed by atoms with Crippen LogP contribution in [0.3, 0.4) is 0 Å². The Kier molecular flexibility index (Phi) is 3.82. The molecule has 3 aliphatic rings. The summed E-state index contributed by atoms with van der Waals surface area (Å²) in [7, 11) is 0. The van der Waals surface area contributed by atoms with Gasteiger partial charge in [-0.1, -0.05) is 24.3 Å². The number of carbonyl (C=O) groups is 1. The molecular formula is C19H19N2O4-. The van der Waals surface area contributed by atoms with E-state index in [9.17, 15) is 20.0 Å². The fourth-order valence-corrected chi connectivity index (χ4v) is 4.67. The lowest BCUT2D eigenvalue weighted by Gasteiger charge is -2.42. The van der Waals surface area contributed by atoms with Crippen LogP contribution in [0, 0.1) is 22.0 Å². The fraction of sp³-hybridized carbons (Fsp3) is 0.421.